The Morgan fingerprint density at radius 1 is 0.809 bits per heavy atom. The van der Waals surface area contributed by atoms with Crippen molar-refractivity contribution >= 4 is 33.2 Å². The Kier molecular flexibility index (Phi) is 8.25. The molecule has 8 heteroatoms. The maximum absolute atomic E-state index is 14.8. The van der Waals surface area contributed by atoms with E-state index < -0.39 is 0 Å². The maximum atomic E-state index is 14.8. The molecule has 0 aliphatic carbocycles. The van der Waals surface area contributed by atoms with E-state index in [9.17, 15) is 4.39 Å². The zero-order valence-electron chi connectivity index (χ0n) is 26.4. The number of hydrogen-bond acceptors (Lipinski definition) is 5. The van der Waals surface area contributed by atoms with Crippen LogP contribution in [0.5, 0.6) is 0 Å². The third kappa shape index (κ3) is 6.64. The van der Waals surface area contributed by atoms with Crippen LogP contribution in [0.2, 0.25) is 0 Å². The van der Waals surface area contributed by atoms with Gasteiger partial charge >= 0.3 is 0 Å². The van der Waals surface area contributed by atoms with E-state index in [0.29, 0.717) is 0 Å². The summed E-state index contributed by atoms with van der Waals surface area (Å²) in [6, 6.07) is 31.9. The lowest BCUT2D eigenvalue weighted by Crippen LogP contribution is -2.20. The van der Waals surface area contributed by atoms with Gasteiger partial charge in [-0.2, -0.15) is 5.10 Å². The average molecular weight is 622 g/mol. The van der Waals surface area contributed by atoms with Gasteiger partial charge in [-0.15, -0.1) is 0 Å². The largest absolute Gasteiger partial charge is 0.384 e. The standard InChI is InChI=1S/C39H36FN7/c1-25(16-26-8-5-4-6-9-26)43-32-19-29(23-41-24-32)27-12-13-37-35(20-27)39(46-45-37)38-22-34-33(10-7-11-36(34)44-38)28-17-30(40)21-31(18-28)42-14-15-47(2)3/h4-13,17-24,42-44H,1,14-16H2,2-3H3,(H,45,46). The number of aromatic amines is 2. The topological polar surface area (TPSA) is 84.7 Å². The third-order valence-electron chi connectivity index (χ3n) is 8.23. The van der Waals surface area contributed by atoms with Gasteiger partial charge < -0.3 is 20.5 Å². The number of halogens is 1. The summed E-state index contributed by atoms with van der Waals surface area (Å²) in [5, 5.41) is 16.6. The molecular weight excluding hydrogens is 585 g/mol. The summed E-state index contributed by atoms with van der Waals surface area (Å²) in [6.07, 6.45) is 4.41. The molecule has 7 rings (SSSR count). The highest BCUT2D eigenvalue weighted by Crippen LogP contribution is 2.36. The van der Waals surface area contributed by atoms with Crippen LogP contribution >= 0.6 is 0 Å². The number of aromatic nitrogens is 4. The normalized spacial score (nSPS) is 11.4. The number of H-pyrrole nitrogens is 2. The van der Waals surface area contributed by atoms with Crippen LogP contribution in [-0.2, 0) is 6.42 Å². The van der Waals surface area contributed by atoms with E-state index in [-0.39, 0.29) is 5.82 Å². The monoisotopic (exact) mass is 621 g/mol. The highest BCUT2D eigenvalue weighted by atomic mass is 19.1. The molecule has 0 saturated heterocycles. The van der Waals surface area contributed by atoms with Gasteiger partial charge in [0.05, 0.1) is 23.1 Å². The first kappa shape index (κ1) is 30.0. The van der Waals surface area contributed by atoms with E-state index in [1.165, 1.54) is 11.6 Å². The minimum Gasteiger partial charge on any atom is -0.384 e. The average Bonchev–Trinajstić information content (AvgIpc) is 3.69. The fourth-order valence-electron chi connectivity index (χ4n) is 5.96. The first-order valence-corrected chi connectivity index (χ1v) is 15.6. The van der Waals surface area contributed by atoms with Crippen molar-refractivity contribution < 1.29 is 4.39 Å². The maximum Gasteiger partial charge on any atom is 0.125 e. The van der Waals surface area contributed by atoms with Gasteiger partial charge in [0.25, 0.3) is 0 Å². The molecule has 4 aromatic carbocycles. The third-order valence-corrected chi connectivity index (χ3v) is 8.23. The second kappa shape index (κ2) is 12.9. The van der Waals surface area contributed by atoms with Crippen molar-refractivity contribution in [2.24, 2.45) is 0 Å². The number of fused-ring (bicyclic) bond motifs is 2. The van der Waals surface area contributed by atoms with Crippen molar-refractivity contribution in [1.29, 1.82) is 0 Å². The van der Waals surface area contributed by atoms with Crippen molar-refractivity contribution in [3.8, 4) is 33.6 Å². The molecule has 234 valence electrons. The number of likely N-dealkylation sites (N-methyl/N-ethyl adjacent to an activating group) is 1. The Labute approximate surface area is 273 Å². The van der Waals surface area contributed by atoms with Crippen LogP contribution in [0.1, 0.15) is 5.56 Å². The molecule has 47 heavy (non-hydrogen) atoms. The summed E-state index contributed by atoms with van der Waals surface area (Å²) < 4.78 is 14.8. The van der Waals surface area contributed by atoms with Crippen molar-refractivity contribution in [1.82, 2.24) is 25.1 Å². The Balaban J connectivity index is 1.18. The smallest absolute Gasteiger partial charge is 0.125 e. The molecule has 3 heterocycles. The van der Waals surface area contributed by atoms with Crippen molar-refractivity contribution in [3.63, 3.8) is 0 Å². The molecule has 4 N–H and O–H groups in total. The van der Waals surface area contributed by atoms with Crippen LogP contribution in [0, 0.1) is 5.82 Å². The predicted octanol–water partition coefficient (Wildman–Crippen LogP) is 8.72. The lowest BCUT2D eigenvalue weighted by atomic mass is 10.0. The quantitative estimate of drug-likeness (QED) is 0.116. The molecule has 0 fully saturated rings. The number of pyridine rings is 1. The number of nitrogens with one attached hydrogen (secondary N) is 4. The zero-order chi connectivity index (χ0) is 32.3. The Bertz CT molecular complexity index is 2200. The molecule has 0 spiro atoms. The minimum atomic E-state index is -0.275. The Morgan fingerprint density at radius 3 is 2.51 bits per heavy atom. The molecule has 0 aliphatic rings. The van der Waals surface area contributed by atoms with Crippen LogP contribution < -0.4 is 10.6 Å². The number of benzene rings is 4. The number of allylic oxidation sites excluding steroid dienone is 1. The van der Waals surface area contributed by atoms with Crippen LogP contribution in [0.3, 0.4) is 0 Å². The number of hydrogen-bond donors (Lipinski definition) is 4. The van der Waals surface area contributed by atoms with Crippen molar-refractivity contribution in [3.05, 3.63) is 133 Å². The van der Waals surface area contributed by atoms with Gasteiger partial charge in [-0.25, -0.2) is 4.39 Å². The second-order valence-corrected chi connectivity index (χ2v) is 12.1. The van der Waals surface area contributed by atoms with Gasteiger partial charge in [0.1, 0.15) is 11.5 Å². The summed E-state index contributed by atoms with van der Waals surface area (Å²) in [6.45, 7) is 5.80. The first-order valence-electron chi connectivity index (χ1n) is 15.6. The Morgan fingerprint density at radius 2 is 1.66 bits per heavy atom. The molecule has 7 nitrogen and oxygen atoms in total. The van der Waals surface area contributed by atoms with E-state index in [4.69, 9.17) is 5.10 Å². The summed E-state index contributed by atoms with van der Waals surface area (Å²) in [5.74, 6) is -0.275. The second-order valence-electron chi connectivity index (χ2n) is 12.1. The van der Waals surface area contributed by atoms with Crippen LogP contribution in [0.25, 0.3) is 55.4 Å². The zero-order valence-corrected chi connectivity index (χ0v) is 26.4. The van der Waals surface area contributed by atoms with E-state index in [1.807, 2.05) is 75.0 Å². The predicted molar refractivity (Wildman–Crippen MR) is 192 cm³/mol. The molecule has 0 aliphatic heterocycles. The van der Waals surface area contributed by atoms with Gasteiger partial charge in [-0.1, -0.05) is 55.1 Å². The van der Waals surface area contributed by atoms with Crippen LogP contribution in [0.4, 0.5) is 15.8 Å². The number of anilines is 2. The molecule has 0 bridgehead atoms. The van der Waals surface area contributed by atoms with Crippen molar-refractivity contribution in [2.45, 2.75) is 6.42 Å². The lowest BCUT2D eigenvalue weighted by Gasteiger charge is -2.13. The SMILES string of the molecule is C=C(Cc1ccccc1)Nc1cncc(-c2ccc3[nH]nc(-c4cc5c(-c6cc(F)cc(NCCN(C)C)c6)cccc5[nH]4)c3c2)c1. The summed E-state index contributed by atoms with van der Waals surface area (Å²) in [7, 11) is 4.04. The van der Waals surface area contributed by atoms with Gasteiger partial charge in [0.2, 0.25) is 0 Å². The van der Waals surface area contributed by atoms with Crippen LogP contribution in [0.15, 0.2) is 122 Å². The minimum absolute atomic E-state index is 0.275. The van der Waals surface area contributed by atoms with Gasteiger partial charge in [-0.05, 0) is 84.9 Å². The molecule has 0 radical (unpaired) electrons. The highest BCUT2D eigenvalue weighted by Gasteiger charge is 2.15. The molecule has 0 unspecified atom stereocenters. The van der Waals surface area contributed by atoms with Gasteiger partial charge in [0.15, 0.2) is 0 Å². The van der Waals surface area contributed by atoms with E-state index in [1.54, 1.807) is 6.07 Å². The fourth-order valence-corrected chi connectivity index (χ4v) is 5.96. The molecular formula is C39H36FN7. The number of nitrogens with zero attached hydrogens (tertiary/aromatic N) is 3. The lowest BCUT2D eigenvalue weighted by molar-refractivity contribution is 0.425. The Hall–Kier alpha value is -5.73. The fraction of sp³-hybridized carbons (Fsp3) is 0.128. The summed E-state index contributed by atoms with van der Waals surface area (Å²) in [5.41, 5.74) is 11.1. The first-order chi connectivity index (χ1) is 22.9. The molecule has 0 atom stereocenters. The van der Waals surface area contributed by atoms with Gasteiger partial charge in [0, 0.05) is 58.9 Å². The molecule has 0 amide bonds. The summed E-state index contributed by atoms with van der Waals surface area (Å²) in [4.78, 5) is 10.2. The van der Waals surface area contributed by atoms with Crippen LogP contribution in [-0.4, -0.2) is 52.3 Å². The molecule has 3 aromatic heterocycles. The van der Waals surface area contributed by atoms with E-state index >= 15 is 0 Å². The van der Waals surface area contributed by atoms with E-state index in [0.717, 1.165) is 92.0 Å². The molecule has 7 aromatic rings. The summed E-state index contributed by atoms with van der Waals surface area (Å²) >= 11 is 0. The molecule has 0 saturated carbocycles. The van der Waals surface area contributed by atoms with E-state index in [2.05, 4.69) is 73.6 Å². The van der Waals surface area contributed by atoms with Gasteiger partial charge in [-0.3, -0.25) is 10.1 Å². The van der Waals surface area contributed by atoms with Crippen molar-refractivity contribution in [2.75, 3.05) is 37.8 Å². The highest BCUT2D eigenvalue weighted by molar-refractivity contribution is 6.02. The number of rotatable bonds is 11.